The van der Waals surface area contributed by atoms with Crippen molar-refractivity contribution in [1.29, 1.82) is 0 Å². The van der Waals surface area contributed by atoms with Crippen LogP contribution in [0.15, 0.2) is 48.8 Å². The van der Waals surface area contributed by atoms with Crippen LogP contribution in [-0.4, -0.2) is 55.4 Å². The van der Waals surface area contributed by atoms with Crippen LogP contribution in [0, 0.1) is 0 Å². The molecule has 134 valence electrons. The zero-order valence-corrected chi connectivity index (χ0v) is 14.8. The summed E-state index contributed by atoms with van der Waals surface area (Å²) in [6.07, 6.45) is 3.58. The van der Waals surface area contributed by atoms with E-state index in [0.29, 0.717) is 24.3 Å². The van der Waals surface area contributed by atoms with E-state index in [1.165, 1.54) is 0 Å². The first-order chi connectivity index (χ1) is 12.6. The summed E-state index contributed by atoms with van der Waals surface area (Å²) in [6, 6.07) is 11.0. The van der Waals surface area contributed by atoms with Crippen molar-refractivity contribution in [3.63, 3.8) is 0 Å². The third-order valence-electron chi connectivity index (χ3n) is 4.18. The summed E-state index contributed by atoms with van der Waals surface area (Å²) in [5, 5.41) is 17.6. The fourth-order valence-corrected chi connectivity index (χ4v) is 2.71. The van der Waals surface area contributed by atoms with Crippen LogP contribution >= 0.6 is 0 Å². The van der Waals surface area contributed by atoms with Crippen molar-refractivity contribution in [2.75, 3.05) is 19.7 Å². The molecule has 0 atom stereocenters. The Morgan fingerprint density at radius 3 is 2.35 bits per heavy atom. The summed E-state index contributed by atoms with van der Waals surface area (Å²) < 4.78 is 1.88. The minimum absolute atomic E-state index is 0.0460. The molecule has 0 radical (unpaired) electrons. The largest absolute Gasteiger partial charge is 0.395 e. The summed E-state index contributed by atoms with van der Waals surface area (Å²) in [5.74, 6) is 0.665. The molecular formula is C19H21N5O2. The number of hydrogen-bond donors (Lipinski definition) is 1. The van der Waals surface area contributed by atoms with Crippen LogP contribution in [0.2, 0.25) is 0 Å². The van der Waals surface area contributed by atoms with Crippen molar-refractivity contribution in [2.45, 2.75) is 6.92 Å². The topological polar surface area (TPSA) is 84.1 Å². The summed E-state index contributed by atoms with van der Waals surface area (Å²) in [7, 11) is 1.91. The number of benzene rings is 1. The van der Waals surface area contributed by atoms with Gasteiger partial charge in [-0.1, -0.05) is 12.1 Å². The molecule has 2 aromatic heterocycles. The lowest BCUT2D eigenvalue weighted by Crippen LogP contribution is -2.33. The van der Waals surface area contributed by atoms with Gasteiger partial charge in [0, 0.05) is 43.7 Å². The number of likely N-dealkylation sites (N-methyl/N-ethyl adjacent to an activating group) is 1. The average Bonchev–Trinajstić information content (AvgIpc) is 3.12. The van der Waals surface area contributed by atoms with Gasteiger partial charge in [0.2, 0.25) is 0 Å². The molecule has 0 spiro atoms. The Morgan fingerprint density at radius 1 is 1.12 bits per heavy atom. The minimum Gasteiger partial charge on any atom is -0.395 e. The first-order valence-electron chi connectivity index (χ1n) is 8.46. The Bertz CT molecular complexity index is 872. The Labute approximate surface area is 151 Å². The second kappa shape index (κ2) is 7.88. The van der Waals surface area contributed by atoms with E-state index in [0.717, 1.165) is 17.1 Å². The highest BCUT2D eigenvalue weighted by Gasteiger charge is 2.14. The maximum Gasteiger partial charge on any atom is 0.253 e. The predicted molar refractivity (Wildman–Crippen MR) is 98.3 cm³/mol. The third kappa shape index (κ3) is 3.62. The number of aliphatic hydroxyl groups is 1. The van der Waals surface area contributed by atoms with Crippen molar-refractivity contribution in [3.05, 3.63) is 54.4 Å². The summed E-state index contributed by atoms with van der Waals surface area (Å²) in [6.45, 7) is 2.73. The van der Waals surface area contributed by atoms with Gasteiger partial charge >= 0.3 is 0 Å². The Balaban J connectivity index is 1.78. The lowest BCUT2D eigenvalue weighted by molar-refractivity contribution is 0.0732. The molecule has 2 heterocycles. The molecule has 1 aromatic carbocycles. The molecule has 0 aliphatic carbocycles. The van der Waals surface area contributed by atoms with Gasteiger partial charge in [-0.3, -0.25) is 4.79 Å². The van der Waals surface area contributed by atoms with E-state index in [1.54, 1.807) is 23.2 Å². The molecule has 3 aromatic rings. The monoisotopic (exact) mass is 351 g/mol. The van der Waals surface area contributed by atoms with E-state index in [1.807, 2.05) is 49.0 Å². The average molecular weight is 351 g/mol. The molecule has 1 N–H and O–H groups in total. The lowest BCUT2D eigenvalue weighted by Gasteiger charge is -2.19. The summed E-state index contributed by atoms with van der Waals surface area (Å²) in [4.78, 5) is 18.3. The molecule has 0 aliphatic heterocycles. The number of amides is 1. The summed E-state index contributed by atoms with van der Waals surface area (Å²) >= 11 is 0. The third-order valence-corrected chi connectivity index (χ3v) is 4.18. The number of aryl methyl sites for hydroxylation is 1. The number of carbonyl (C=O) groups excluding carboxylic acids is 1. The lowest BCUT2D eigenvalue weighted by atomic mass is 10.1. The normalized spacial score (nSPS) is 10.7. The van der Waals surface area contributed by atoms with Crippen LogP contribution < -0.4 is 0 Å². The van der Waals surface area contributed by atoms with E-state index in [4.69, 9.17) is 5.11 Å². The molecule has 7 heteroatoms. The minimum atomic E-state index is -0.0932. The van der Waals surface area contributed by atoms with Crippen molar-refractivity contribution in [1.82, 2.24) is 24.6 Å². The van der Waals surface area contributed by atoms with Crippen LogP contribution in [0.4, 0.5) is 0 Å². The second-order valence-corrected chi connectivity index (χ2v) is 5.85. The number of hydrogen-bond acceptors (Lipinski definition) is 5. The van der Waals surface area contributed by atoms with E-state index in [-0.39, 0.29) is 12.5 Å². The quantitative estimate of drug-likeness (QED) is 0.734. The predicted octanol–water partition coefficient (Wildman–Crippen LogP) is 2.00. The van der Waals surface area contributed by atoms with Crippen molar-refractivity contribution < 1.29 is 9.90 Å². The van der Waals surface area contributed by atoms with E-state index in [2.05, 4.69) is 15.2 Å². The molecule has 1 amide bonds. The van der Waals surface area contributed by atoms with E-state index in [9.17, 15) is 4.79 Å². The van der Waals surface area contributed by atoms with Crippen LogP contribution in [0.5, 0.6) is 0 Å². The van der Waals surface area contributed by atoms with Gasteiger partial charge in [-0.2, -0.15) is 0 Å². The molecule has 26 heavy (non-hydrogen) atoms. The van der Waals surface area contributed by atoms with Gasteiger partial charge in [-0.15, -0.1) is 10.2 Å². The molecule has 0 unspecified atom stereocenters. The van der Waals surface area contributed by atoms with Gasteiger partial charge in [0.15, 0.2) is 5.82 Å². The molecule has 0 saturated heterocycles. The number of rotatable bonds is 6. The molecule has 0 fully saturated rings. The standard InChI is InChI=1S/C19H21N5O2/c1-3-24(12-13-25)19(26)15-6-4-14(5-7-15)16-8-9-17(22-21-16)18-20-10-11-23(18)2/h4-11,25H,3,12-13H2,1-2H3. The van der Waals surface area contributed by atoms with Crippen LogP contribution in [-0.2, 0) is 7.05 Å². The first kappa shape index (κ1) is 17.8. The zero-order chi connectivity index (χ0) is 18.5. The Morgan fingerprint density at radius 2 is 1.81 bits per heavy atom. The fourth-order valence-electron chi connectivity index (χ4n) is 2.71. The van der Waals surface area contributed by atoms with Gasteiger partial charge in [0.05, 0.1) is 12.3 Å². The Kier molecular flexibility index (Phi) is 5.38. The van der Waals surface area contributed by atoms with Gasteiger partial charge in [-0.05, 0) is 31.2 Å². The van der Waals surface area contributed by atoms with Crippen LogP contribution in [0.25, 0.3) is 22.8 Å². The number of imidazole rings is 1. The highest BCUT2D eigenvalue weighted by atomic mass is 16.3. The molecule has 7 nitrogen and oxygen atoms in total. The zero-order valence-electron chi connectivity index (χ0n) is 14.8. The molecular weight excluding hydrogens is 330 g/mol. The van der Waals surface area contributed by atoms with Gasteiger partial charge in [0.25, 0.3) is 5.91 Å². The van der Waals surface area contributed by atoms with Crippen molar-refractivity contribution >= 4 is 5.91 Å². The van der Waals surface area contributed by atoms with E-state index >= 15 is 0 Å². The number of aromatic nitrogens is 4. The fraction of sp³-hybridized carbons (Fsp3) is 0.263. The SMILES string of the molecule is CCN(CCO)C(=O)c1ccc(-c2ccc(-c3nccn3C)nn2)cc1. The molecule has 3 rings (SSSR count). The van der Waals surface area contributed by atoms with Crippen molar-refractivity contribution in [2.24, 2.45) is 7.05 Å². The van der Waals surface area contributed by atoms with Crippen LogP contribution in [0.1, 0.15) is 17.3 Å². The van der Waals surface area contributed by atoms with Gasteiger partial charge in [-0.25, -0.2) is 4.98 Å². The first-order valence-corrected chi connectivity index (χ1v) is 8.46. The number of aliphatic hydroxyl groups excluding tert-OH is 1. The second-order valence-electron chi connectivity index (χ2n) is 5.85. The van der Waals surface area contributed by atoms with Gasteiger partial charge in [0.1, 0.15) is 5.69 Å². The highest BCUT2D eigenvalue weighted by Crippen LogP contribution is 2.20. The van der Waals surface area contributed by atoms with E-state index < -0.39 is 0 Å². The van der Waals surface area contributed by atoms with Crippen molar-refractivity contribution in [3.8, 4) is 22.8 Å². The maximum atomic E-state index is 12.4. The van der Waals surface area contributed by atoms with Gasteiger partial charge < -0.3 is 14.6 Å². The highest BCUT2D eigenvalue weighted by molar-refractivity contribution is 5.94. The molecule has 0 bridgehead atoms. The molecule has 0 aliphatic rings. The molecule has 0 saturated carbocycles. The Hall–Kier alpha value is -3.06. The smallest absolute Gasteiger partial charge is 0.253 e. The summed E-state index contributed by atoms with van der Waals surface area (Å²) in [5.41, 5.74) is 2.90. The number of carbonyl (C=O) groups is 1. The van der Waals surface area contributed by atoms with Crippen LogP contribution in [0.3, 0.4) is 0 Å². The number of nitrogens with zero attached hydrogens (tertiary/aromatic N) is 5. The maximum absolute atomic E-state index is 12.4.